The highest BCUT2D eigenvalue weighted by atomic mass is 32.2. The summed E-state index contributed by atoms with van der Waals surface area (Å²) in [5, 5.41) is 0. The summed E-state index contributed by atoms with van der Waals surface area (Å²) in [5.74, 6) is 0. The van der Waals surface area contributed by atoms with Crippen LogP contribution in [0, 0.1) is 0 Å². The zero-order valence-electron chi connectivity index (χ0n) is 9.91. The van der Waals surface area contributed by atoms with Crippen LogP contribution in [-0.4, -0.2) is 44.6 Å². The van der Waals surface area contributed by atoms with Gasteiger partial charge in [-0.1, -0.05) is 6.42 Å². The van der Waals surface area contributed by atoms with Crippen LogP contribution >= 0.6 is 0 Å². The topological polar surface area (TPSA) is 75.4 Å². The molecule has 18 heavy (non-hydrogen) atoms. The Kier molecular flexibility index (Phi) is 5.38. The van der Waals surface area contributed by atoms with Crippen molar-refractivity contribution < 1.29 is 21.6 Å². The third-order valence-electron chi connectivity index (χ3n) is 2.85. The highest BCUT2D eigenvalue weighted by molar-refractivity contribution is 7.87. The summed E-state index contributed by atoms with van der Waals surface area (Å²) in [6, 6.07) is -0.317. The lowest BCUT2D eigenvalue weighted by Gasteiger charge is -2.33. The Hall–Kier alpha value is -0.380. The molecule has 1 rings (SSSR count). The first-order valence-electron chi connectivity index (χ1n) is 5.79. The van der Waals surface area contributed by atoms with E-state index in [1.54, 1.807) is 0 Å². The van der Waals surface area contributed by atoms with Gasteiger partial charge in [0.2, 0.25) is 0 Å². The van der Waals surface area contributed by atoms with E-state index in [1.165, 1.54) is 4.31 Å². The molecule has 0 aromatic carbocycles. The second-order valence-electron chi connectivity index (χ2n) is 4.26. The number of alkyl halides is 3. The maximum absolute atomic E-state index is 11.9. The maximum Gasteiger partial charge on any atom is 0.390 e. The molecule has 0 radical (unpaired) electrons. The molecule has 0 saturated carbocycles. The Morgan fingerprint density at radius 2 is 2.00 bits per heavy atom. The predicted molar refractivity (Wildman–Crippen MR) is 61.0 cm³/mol. The molecular weight excluding hydrogens is 271 g/mol. The van der Waals surface area contributed by atoms with E-state index in [1.807, 2.05) is 4.72 Å². The third kappa shape index (κ3) is 4.71. The first-order valence-corrected chi connectivity index (χ1v) is 7.23. The Bertz CT molecular complexity index is 359. The molecular formula is C9H18F3N3O2S. The standard InChI is InChI=1S/C9H18F3N3O2S/c10-9(11,12)4-5-14-18(16,17)15-6-2-1-3-8(15)7-13/h8,14H,1-7,13H2. The van der Waals surface area contributed by atoms with Gasteiger partial charge in [-0.05, 0) is 12.8 Å². The van der Waals surface area contributed by atoms with E-state index < -0.39 is 29.4 Å². The van der Waals surface area contributed by atoms with Gasteiger partial charge in [0.25, 0.3) is 10.2 Å². The van der Waals surface area contributed by atoms with Crippen LogP contribution in [-0.2, 0) is 10.2 Å². The van der Waals surface area contributed by atoms with Gasteiger partial charge < -0.3 is 5.73 Å². The molecule has 0 bridgehead atoms. The van der Waals surface area contributed by atoms with Gasteiger partial charge in [0, 0.05) is 25.7 Å². The number of hydrogen-bond donors (Lipinski definition) is 2. The summed E-state index contributed by atoms with van der Waals surface area (Å²) in [6.45, 7) is -0.150. The molecule has 1 aliphatic rings. The maximum atomic E-state index is 11.9. The number of hydrogen-bond acceptors (Lipinski definition) is 3. The lowest BCUT2D eigenvalue weighted by atomic mass is 10.1. The molecule has 108 valence electrons. The lowest BCUT2D eigenvalue weighted by molar-refractivity contribution is -0.132. The molecule has 0 amide bonds. The molecule has 0 aromatic rings. The summed E-state index contributed by atoms with van der Waals surface area (Å²) < 4.78 is 62.7. The molecule has 0 aliphatic carbocycles. The molecule has 0 aromatic heterocycles. The van der Waals surface area contributed by atoms with E-state index in [9.17, 15) is 21.6 Å². The second kappa shape index (κ2) is 6.18. The third-order valence-corrected chi connectivity index (χ3v) is 4.51. The second-order valence-corrected chi connectivity index (χ2v) is 5.97. The van der Waals surface area contributed by atoms with Crippen molar-refractivity contribution in [2.75, 3.05) is 19.6 Å². The zero-order valence-corrected chi connectivity index (χ0v) is 10.7. The van der Waals surface area contributed by atoms with Gasteiger partial charge in [-0.15, -0.1) is 0 Å². The molecule has 9 heteroatoms. The molecule has 1 saturated heterocycles. The molecule has 5 nitrogen and oxygen atoms in total. The fourth-order valence-corrected chi connectivity index (χ4v) is 3.41. The molecule has 1 fully saturated rings. The van der Waals surface area contributed by atoms with Crippen LogP contribution in [0.5, 0.6) is 0 Å². The van der Waals surface area contributed by atoms with Gasteiger partial charge >= 0.3 is 6.18 Å². The van der Waals surface area contributed by atoms with Crippen LogP contribution < -0.4 is 10.5 Å². The van der Waals surface area contributed by atoms with Crippen LogP contribution in [0.1, 0.15) is 25.7 Å². The SMILES string of the molecule is NCC1CCCCN1S(=O)(=O)NCCC(F)(F)F. The van der Waals surface area contributed by atoms with E-state index in [4.69, 9.17) is 5.73 Å². The van der Waals surface area contributed by atoms with Gasteiger partial charge in [-0.25, -0.2) is 4.72 Å². The van der Waals surface area contributed by atoms with Gasteiger partial charge in [-0.3, -0.25) is 0 Å². The van der Waals surface area contributed by atoms with Crippen LogP contribution in [0.25, 0.3) is 0 Å². The Morgan fingerprint density at radius 1 is 1.33 bits per heavy atom. The van der Waals surface area contributed by atoms with Crippen LogP contribution in [0.2, 0.25) is 0 Å². The average Bonchev–Trinajstić information content (AvgIpc) is 2.27. The molecule has 0 spiro atoms. The first kappa shape index (κ1) is 15.7. The number of piperidine rings is 1. The van der Waals surface area contributed by atoms with Crippen molar-refractivity contribution in [2.24, 2.45) is 5.73 Å². The molecule has 1 aliphatic heterocycles. The number of nitrogens with one attached hydrogen (secondary N) is 1. The number of nitrogens with two attached hydrogens (primary N) is 1. The number of rotatable bonds is 5. The largest absolute Gasteiger partial charge is 0.390 e. The Morgan fingerprint density at radius 3 is 2.56 bits per heavy atom. The minimum atomic E-state index is -4.36. The quantitative estimate of drug-likeness (QED) is 0.777. The molecule has 1 unspecified atom stereocenters. The molecule has 3 N–H and O–H groups in total. The van der Waals surface area contributed by atoms with Crippen LogP contribution in [0.15, 0.2) is 0 Å². The zero-order chi connectivity index (χ0) is 13.8. The number of nitrogens with zero attached hydrogens (tertiary/aromatic N) is 1. The van der Waals surface area contributed by atoms with Crippen molar-refractivity contribution in [3.8, 4) is 0 Å². The Balaban J connectivity index is 2.56. The van der Waals surface area contributed by atoms with Crippen molar-refractivity contribution in [1.82, 2.24) is 9.03 Å². The van der Waals surface area contributed by atoms with E-state index in [0.717, 1.165) is 6.42 Å². The first-order chi connectivity index (χ1) is 8.26. The van der Waals surface area contributed by atoms with Crippen molar-refractivity contribution in [3.63, 3.8) is 0 Å². The average molecular weight is 289 g/mol. The fourth-order valence-electron chi connectivity index (χ4n) is 1.93. The van der Waals surface area contributed by atoms with Crippen molar-refractivity contribution in [3.05, 3.63) is 0 Å². The summed E-state index contributed by atoms with van der Waals surface area (Å²) in [4.78, 5) is 0. The predicted octanol–water partition coefficient (Wildman–Crippen LogP) is 0.586. The summed E-state index contributed by atoms with van der Waals surface area (Å²) in [6.07, 6.45) is -3.30. The van der Waals surface area contributed by atoms with Crippen LogP contribution in [0.3, 0.4) is 0 Å². The minimum Gasteiger partial charge on any atom is -0.329 e. The monoisotopic (exact) mass is 289 g/mol. The van der Waals surface area contributed by atoms with Crippen molar-refractivity contribution in [2.45, 2.75) is 37.9 Å². The highest BCUT2D eigenvalue weighted by Crippen LogP contribution is 2.20. The molecule has 1 heterocycles. The van der Waals surface area contributed by atoms with Gasteiger partial charge in [0.1, 0.15) is 0 Å². The number of halogens is 3. The van der Waals surface area contributed by atoms with Crippen molar-refractivity contribution in [1.29, 1.82) is 0 Å². The van der Waals surface area contributed by atoms with E-state index in [0.29, 0.717) is 19.4 Å². The fraction of sp³-hybridized carbons (Fsp3) is 1.00. The summed E-state index contributed by atoms with van der Waals surface area (Å²) in [7, 11) is -3.86. The van der Waals surface area contributed by atoms with E-state index in [2.05, 4.69) is 0 Å². The molecule has 1 atom stereocenters. The Labute approximate surface area is 105 Å². The lowest BCUT2D eigenvalue weighted by Crippen LogP contribution is -2.52. The summed E-state index contributed by atoms with van der Waals surface area (Å²) >= 11 is 0. The van der Waals surface area contributed by atoms with E-state index >= 15 is 0 Å². The van der Waals surface area contributed by atoms with Gasteiger partial charge in [0.05, 0.1) is 6.42 Å². The highest BCUT2D eigenvalue weighted by Gasteiger charge is 2.33. The minimum absolute atomic E-state index is 0.181. The smallest absolute Gasteiger partial charge is 0.329 e. The van der Waals surface area contributed by atoms with E-state index in [-0.39, 0.29) is 12.6 Å². The van der Waals surface area contributed by atoms with Crippen LogP contribution in [0.4, 0.5) is 13.2 Å². The van der Waals surface area contributed by atoms with Gasteiger partial charge in [0.15, 0.2) is 0 Å². The summed E-state index contributed by atoms with van der Waals surface area (Å²) in [5.41, 5.74) is 5.47. The van der Waals surface area contributed by atoms with Crippen molar-refractivity contribution >= 4 is 10.2 Å². The normalized spacial score (nSPS) is 23.2. The van der Waals surface area contributed by atoms with Gasteiger partial charge in [-0.2, -0.15) is 25.9 Å².